The van der Waals surface area contributed by atoms with Crippen LogP contribution in [0.15, 0.2) is 41.9 Å². The standard InChI is InChI=1S/C24H31BClNO4/c1-22(2,3)29-21(28)27-15-18(25-30-23(4,5)24(6,7)31-25)14-17-12-8-10-16-11-9-13-19(26)20(16)17/h8-14H,15H2,1-7H3,(H,27,28). The Morgan fingerprint density at radius 2 is 1.68 bits per heavy atom. The Kier molecular flexibility index (Phi) is 6.48. The lowest BCUT2D eigenvalue weighted by Crippen LogP contribution is -2.41. The van der Waals surface area contributed by atoms with Crippen molar-refractivity contribution >= 4 is 41.7 Å². The number of fused-ring (bicyclic) bond motifs is 1. The lowest BCUT2D eigenvalue weighted by molar-refractivity contribution is 0.00578. The van der Waals surface area contributed by atoms with Gasteiger partial charge in [-0.25, -0.2) is 4.79 Å². The fraction of sp³-hybridized carbons (Fsp3) is 0.458. The number of hydrogen-bond acceptors (Lipinski definition) is 4. The largest absolute Gasteiger partial charge is 0.492 e. The van der Waals surface area contributed by atoms with Crippen molar-refractivity contribution in [1.82, 2.24) is 5.32 Å². The first kappa shape index (κ1) is 23.6. The summed E-state index contributed by atoms with van der Waals surface area (Å²) in [7, 11) is -0.613. The van der Waals surface area contributed by atoms with Gasteiger partial charge in [-0.15, -0.1) is 0 Å². The second-order valence-electron chi connectivity index (χ2n) is 9.85. The molecule has 1 fully saturated rings. The summed E-state index contributed by atoms with van der Waals surface area (Å²) in [4.78, 5) is 12.3. The quantitative estimate of drug-likeness (QED) is 0.586. The summed E-state index contributed by atoms with van der Waals surface area (Å²) in [6, 6.07) is 11.8. The molecule has 1 saturated heterocycles. The van der Waals surface area contributed by atoms with E-state index in [1.807, 2.05) is 90.9 Å². The van der Waals surface area contributed by atoms with Crippen molar-refractivity contribution in [2.45, 2.75) is 65.3 Å². The van der Waals surface area contributed by atoms with Gasteiger partial charge in [0.2, 0.25) is 0 Å². The number of benzene rings is 2. The summed E-state index contributed by atoms with van der Waals surface area (Å²) in [6.07, 6.45) is 1.49. The van der Waals surface area contributed by atoms with Crippen LogP contribution in [0.3, 0.4) is 0 Å². The van der Waals surface area contributed by atoms with Gasteiger partial charge in [-0.05, 0) is 71.0 Å². The number of nitrogens with one attached hydrogen (secondary N) is 1. The molecule has 0 unspecified atom stereocenters. The van der Waals surface area contributed by atoms with Crippen LogP contribution in [-0.4, -0.2) is 36.6 Å². The Bertz CT molecular complexity index is 989. The number of carbonyl (C=O) groups is 1. The molecular formula is C24H31BClNO4. The SMILES string of the molecule is CC(C)(C)OC(=O)NCC(=Cc1cccc2cccc(Cl)c12)B1OC(C)(C)C(C)(C)O1. The smallest absolute Gasteiger partial charge is 0.444 e. The molecule has 1 aliphatic heterocycles. The average Bonchev–Trinajstić information content (AvgIpc) is 2.84. The Morgan fingerprint density at radius 3 is 2.26 bits per heavy atom. The third kappa shape index (κ3) is 5.43. The molecule has 0 saturated carbocycles. The van der Waals surface area contributed by atoms with E-state index in [9.17, 15) is 4.79 Å². The molecule has 0 aromatic heterocycles. The van der Waals surface area contributed by atoms with Crippen LogP contribution in [0.25, 0.3) is 16.8 Å². The van der Waals surface area contributed by atoms with Crippen molar-refractivity contribution in [1.29, 1.82) is 0 Å². The molecule has 1 aliphatic rings. The maximum Gasteiger partial charge on any atom is 0.492 e. The fourth-order valence-corrected chi connectivity index (χ4v) is 3.62. The van der Waals surface area contributed by atoms with Gasteiger partial charge in [-0.3, -0.25) is 0 Å². The second kappa shape index (κ2) is 8.49. The highest BCUT2D eigenvalue weighted by Crippen LogP contribution is 2.39. The van der Waals surface area contributed by atoms with Crippen LogP contribution in [-0.2, 0) is 14.0 Å². The van der Waals surface area contributed by atoms with E-state index < -0.39 is 30.0 Å². The third-order valence-corrected chi connectivity index (χ3v) is 5.93. The molecule has 2 aromatic carbocycles. The van der Waals surface area contributed by atoms with E-state index in [0.717, 1.165) is 21.8 Å². The van der Waals surface area contributed by atoms with Crippen molar-refractivity contribution in [3.63, 3.8) is 0 Å². The molecule has 0 bridgehead atoms. The van der Waals surface area contributed by atoms with Gasteiger partial charge in [0.05, 0.1) is 11.2 Å². The van der Waals surface area contributed by atoms with Gasteiger partial charge in [0.1, 0.15) is 5.60 Å². The summed E-state index contributed by atoms with van der Waals surface area (Å²) in [5.41, 5.74) is 0.121. The highest BCUT2D eigenvalue weighted by Gasteiger charge is 2.52. The molecule has 31 heavy (non-hydrogen) atoms. The van der Waals surface area contributed by atoms with Gasteiger partial charge < -0.3 is 19.4 Å². The first-order valence-electron chi connectivity index (χ1n) is 10.5. The molecule has 0 spiro atoms. The van der Waals surface area contributed by atoms with Crippen molar-refractivity contribution < 1.29 is 18.8 Å². The molecule has 3 rings (SSSR count). The minimum Gasteiger partial charge on any atom is -0.444 e. The van der Waals surface area contributed by atoms with Crippen LogP contribution in [0.1, 0.15) is 54.0 Å². The molecule has 5 nitrogen and oxygen atoms in total. The molecule has 0 aliphatic carbocycles. The Labute approximate surface area is 190 Å². The maximum atomic E-state index is 12.3. The summed E-state index contributed by atoms with van der Waals surface area (Å²) < 4.78 is 17.9. The Balaban J connectivity index is 1.98. The highest BCUT2D eigenvalue weighted by molar-refractivity contribution is 6.56. The van der Waals surface area contributed by atoms with Crippen LogP contribution in [0.4, 0.5) is 4.79 Å². The van der Waals surface area contributed by atoms with Crippen LogP contribution >= 0.6 is 11.6 Å². The topological polar surface area (TPSA) is 56.8 Å². The average molecular weight is 444 g/mol. The van der Waals surface area contributed by atoms with E-state index in [1.165, 1.54) is 0 Å². The number of alkyl carbamates (subject to hydrolysis) is 1. The first-order chi connectivity index (χ1) is 14.3. The zero-order valence-corrected chi connectivity index (χ0v) is 20.1. The van der Waals surface area contributed by atoms with E-state index in [4.69, 9.17) is 25.6 Å². The van der Waals surface area contributed by atoms with Crippen LogP contribution in [0.2, 0.25) is 5.02 Å². The number of carbonyl (C=O) groups excluding carboxylic acids is 1. The van der Waals surface area contributed by atoms with E-state index in [-0.39, 0.29) is 6.54 Å². The predicted octanol–water partition coefficient (Wildman–Crippen LogP) is 6.03. The molecule has 0 radical (unpaired) electrons. The minimum atomic E-state index is -0.613. The zero-order valence-electron chi connectivity index (χ0n) is 19.3. The van der Waals surface area contributed by atoms with Gasteiger partial charge >= 0.3 is 13.2 Å². The van der Waals surface area contributed by atoms with Crippen molar-refractivity contribution in [3.8, 4) is 0 Å². The summed E-state index contributed by atoms with van der Waals surface area (Å²) in [6.45, 7) is 13.7. The van der Waals surface area contributed by atoms with E-state index >= 15 is 0 Å². The van der Waals surface area contributed by atoms with E-state index in [1.54, 1.807) is 0 Å². The molecular weight excluding hydrogens is 413 g/mol. The second-order valence-corrected chi connectivity index (χ2v) is 10.3. The number of ether oxygens (including phenoxy) is 1. The summed E-state index contributed by atoms with van der Waals surface area (Å²) in [5, 5.41) is 5.48. The van der Waals surface area contributed by atoms with Crippen LogP contribution < -0.4 is 5.32 Å². The zero-order chi connectivity index (χ0) is 23.0. The monoisotopic (exact) mass is 443 g/mol. The molecule has 2 aromatic rings. The summed E-state index contributed by atoms with van der Waals surface area (Å²) >= 11 is 6.51. The minimum absolute atomic E-state index is 0.215. The molecule has 0 atom stereocenters. The van der Waals surface area contributed by atoms with Gasteiger partial charge in [0, 0.05) is 17.0 Å². The van der Waals surface area contributed by atoms with E-state index in [2.05, 4.69) is 5.32 Å². The highest BCUT2D eigenvalue weighted by atomic mass is 35.5. The van der Waals surface area contributed by atoms with Gasteiger partial charge in [0.25, 0.3) is 0 Å². The van der Waals surface area contributed by atoms with Crippen molar-refractivity contribution in [3.05, 3.63) is 52.5 Å². The molecule has 1 N–H and O–H groups in total. The van der Waals surface area contributed by atoms with E-state index in [0.29, 0.717) is 5.02 Å². The number of halogens is 1. The third-order valence-electron chi connectivity index (χ3n) is 5.62. The Morgan fingerprint density at radius 1 is 1.10 bits per heavy atom. The Hall–Kier alpha value is -2.02. The van der Waals surface area contributed by atoms with Crippen LogP contribution in [0, 0.1) is 0 Å². The first-order valence-corrected chi connectivity index (χ1v) is 10.9. The lowest BCUT2D eigenvalue weighted by atomic mass is 9.76. The number of hydrogen-bond donors (Lipinski definition) is 1. The molecule has 166 valence electrons. The predicted molar refractivity (Wildman–Crippen MR) is 127 cm³/mol. The van der Waals surface area contributed by atoms with Gasteiger partial charge in [0.15, 0.2) is 0 Å². The van der Waals surface area contributed by atoms with Gasteiger partial charge in [-0.1, -0.05) is 48.0 Å². The lowest BCUT2D eigenvalue weighted by Gasteiger charge is -2.32. The molecule has 1 amide bonds. The number of amides is 1. The summed E-state index contributed by atoms with van der Waals surface area (Å²) in [5.74, 6) is 0. The number of rotatable bonds is 4. The maximum absolute atomic E-state index is 12.3. The van der Waals surface area contributed by atoms with Crippen molar-refractivity contribution in [2.24, 2.45) is 0 Å². The fourth-order valence-electron chi connectivity index (χ4n) is 3.33. The normalized spacial score (nSPS) is 18.3. The van der Waals surface area contributed by atoms with Crippen LogP contribution in [0.5, 0.6) is 0 Å². The molecule has 1 heterocycles. The molecule has 7 heteroatoms. The van der Waals surface area contributed by atoms with Crippen molar-refractivity contribution in [2.75, 3.05) is 6.54 Å². The van der Waals surface area contributed by atoms with Gasteiger partial charge in [-0.2, -0.15) is 0 Å².